The van der Waals surface area contributed by atoms with E-state index in [1.807, 2.05) is 0 Å². The number of amidine groups is 2. The molecule has 0 saturated carbocycles. The zero-order valence-corrected chi connectivity index (χ0v) is 33.1. The Balaban J connectivity index is 3.44. The summed E-state index contributed by atoms with van der Waals surface area (Å²) in [6.45, 7) is 0. The Morgan fingerprint density at radius 1 is 0.778 bits per heavy atom. The largest absolute Gasteiger partial charge is 0.322 e. The van der Waals surface area contributed by atoms with Gasteiger partial charge in [0.05, 0.1) is 0 Å². The minimum absolute atomic E-state index is 0.217. The van der Waals surface area contributed by atoms with E-state index in [1.54, 1.807) is 0 Å². The van der Waals surface area contributed by atoms with Crippen molar-refractivity contribution in [3.05, 3.63) is 0 Å². The molecule has 0 saturated heterocycles. The fourth-order valence-corrected chi connectivity index (χ4v) is 5.55. The Bertz CT molecular complexity index is 580. The lowest BCUT2D eigenvalue weighted by Gasteiger charge is -2.43. The number of rotatable bonds is 4. The van der Waals surface area contributed by atoms with E-state index in [1.165, 1.54) is 0 Å². The summed E-state index contributed by atoms with van der Waals surface area (Å²) in [5, 5.41) is 0. The highest BCUT2D eigenvalue weighted by Crippen LogP contribution is 2.48. The minimum atomic E-state index is -0.593. The average molecular weight is 1220 g/mol. The van der Waals surface area contributed by atoms with Gasteiger partial charge in [-0.15, -0.1) is 0 Å². The van der Waals surface area contributed by atoms with Gasteiger partial charge in [-0.2, -0.15) is 0 Å². The van der Waals surface area contributed by atoms with E-state index in [0.29, 0.717) is 25.1 Å². The third-order valence-corrected chi connectivity index (χ3v) is 9.75. The number of aliphatic imine (C=N–C) groups is 2. The number of hydrogen-bond donors (Lipinski definition) is 0. The SMILES string of the molecule is BrC(N1C(CC(Br)(Br)Br)=NC(CC(Br)(Br)Br)=NC1CC(Br)(Br)Br)C(Br)(Br)Br. The van der Waals surface area contributed by atoms with E-state index in [2.05, 4.69) is 212 Å². The van der Waals surface area contributed by atoms with Gasteiger partial charge >= 0.3 is 0 Å². The summed E-state index contributed by atoms with van der Waals surface area (Å²) in [6.07, 6.45) is 1.47. The van der Waals surface area contributed by atoms with Gasteiger partial charge in [-0.05, 0) is 0 Å². The van der Waals surface area contributed by atoms with Crippen LogP contribution in [0.3, 0.4) is 0 Å². The van der Waals surface area contributed by atoms with Gasteiger partial charge in [0.1, 0.15) is 29.2 Å². The Kier molecular flexibility index (Phi) is 13.4. The fourth-order valence-electron chi connectivity index (χ4n) is 2.01. The molecule has 0 bridgehead atoms. The summed E-state index contributed by atoms with van der Waals surface area (Å²) < 4.78 is -2.05. The summed E-state index contributed by atoms with van der Waals surface area (Å²) in [7, 11) is 0. The van der Waals surface area contributed by atoms with Crippen molar-refractivity contribution in [2.24, 2.45) is 9.98 Å². The number of alkyl halides is 13. The number of hydrogen-bond acceptors (Lipinski definition) is 3. The zero-order chi connectivity index (χ0) is 21.4. The van der Waals surface area contributed by atoms with Gasteiger partial charge < -0.3 is 4.90 Å². The van der Waals surface area contributed by atoms with Crippen LogP contribution in [-0.2, 0) is 0 Å². The molecule has 158 valence electrons. The third kappa shape index (κ3) is 12.6. The first kappa shape index (κ1) is 30.4. The van der Waals surface area contributed by atoms with Crippen molar-refractivity contribution in [1.82, 2.24) is 4.90 Å². The molecule has 2 atom stereocenters. The van der Waals surface area contributed by atoms with E-state index in [-0.39, 0.29) is 11.1 Å². The molecule has 27 heavy (non-hydrogen) atoms. The van der Waals surface area contributed by atoms with E-state index < -0.39 is 8.57 Å². The molecule has 1 aliphatic heterocycles. The Labute approximate surface area is 267 Å². The molecule has 0 fully saturated rings. The van der Waals surface area contributed by atoms with Crippen LogP contribution in [0.15, 0.2) is 9.98 Å². The molecule has 2 unspecified atom stereocenters. The number of nitrogens with zero attached hydrogens (tertiary/aromatic N) is 3. The maximum atomic E-state index is 4.89. The molecule has 1 aliphatic rings. The van der Waals surface area contributed by atoms with Crippen molar-refractivity contribution in [1.29, 1.82) is 0 Å². The first-order valence-corrected chi connectivity index (χ1v) is 17.1. The highest BCUT2D eigenvalue weighted by Gasteiger charge is 2.44. The van der Waals surface area contributed by atoms with Crippen LogP contribution < -0.4 is 0 Å². The van der Waals surface area contributed by atoms with Gasteiger partial charge in [-0.3, -0.25) is 0 Å². The van der Waals surface area contributed by atoms with Crippen molar-refractivity contribution in [3.63, 3.8) is 0 Å². The van der Waals surface area contributed by atoms with E-state index in [0.717, 1.165) is 5.84 Å². The van der Waals surface area contributed by atoms with Gasteiger partial charge in [0.2, 0.25) is 0 Å². The topological polar surface area (TPSA) is 28.0 Å². The predicted octanol–water partition coefficient (Wildman–Crippen LogP) is 10.7. The van der Waals surface area contributed by atoms with Crippen molar-refractivity contribution < 1.29 is 0 Å². The normalized spacial score (nSPS) is 21.1. The van der Waals surface area contributed by atoms with Crippen LogP contribution in [0.1, 0.15) is 19.3 Å². The summed E-state index contributed by atoms with van der Waals surface area (Å²) >= 11 is 46.7. The summed E-state index contributed by atoms with van der Waals surface area (Å²) in [4.78, 5) is 11.6. The Morgan fingerprint density at radius 2 is 1.26 bits per heavy atom. The molecule has 16 heteroatoms. The molecule has 1 rings (SSSR count). The second kappa shape index (κ2) is 11.9. The van der Waals surface area contributed by atoms with Crippen molar-refractivity contribution >= 4 is 219 Å². The second-order valence-electron chi connectivity index (χ2n) is 5.24. The van der Waals surface area contributed by atoms with Gasteiger partial charge in [0, 0.05) is 19.3 Å². The van der Waals surface area contributed by atoms with Crippen LogP contribution in [0, 0.1) is 0 Å². The van der Waals surface area contributed by atoms with Gasteiger partial charge in [0.15, 0.2) is 2.14 Å². The maximum Gasteiger partial charge on any atom is 0.165 e. The molecule has 0 spiro atoms. The lowest BCUT2D eigenvalue weighted by atomic mass is 10.2. The molecule has 0 radical (unpaired) electrons. The highest BCUT2D eigenvalue weighted by molar-refractivity contribution is 9.40. The Hall–Kier alpha value is 5.38. The lowest BCUT2D eigenvalue weighted by molar-refractivity contribution is 0.293. The molecule has 1 heterocycles. The minimum Gasteiger partial charge on any atom is -0.322 e. The van der Waals surface area contributed by atoms with E-state index >= 15 is 0 Å². The summed E-state index contributed by atoms with van der Waals surface area (Å²) in [5.74, 6) is 1.53. The van der Waals surface area contributed by atoms with Crippen LogP contribution in [0.2, 0.25) is 0 Å². The van der Waals surface area contributed by atoms with Gasteiger partial charge in [0.25, 0.3) is 0 Å². The number of halogens is 13. The highest BCUT2D eigenvalue weighted by atomic mass is 80.0. The van der Waals surface area contributed by atoms with E-state index in [4.69, 9.17) is 9.98 Å². The maximum absolute atomic E-state index is 4.89. The molecule has 0 aromatic carbocycles. The summed E-state index contributed by atoms with van der Waals surface area (Å²) in [5.41, 5.74) is 0. The molecular weight excluding hydrogens is 1210 g/mol. The first-order chi connectivity index (χ1) is 11.8. The monoisotopic (exact) mass is 1210 g/mol. The average Bonchev–Trinajstić information content (AvgIpc) is 2.30. The second-order valence-corrected chi connectivity index (χ2v) is 34.8. The van der Waals surface area contributed by atoms with Crippen molar-refractivity contribution in [3.8, 4) is 0 Å². The van der Waals surface area contributed by atoms with Crippen LogP contribution in [0.5, 0.6) is 0 Å². The molecule has 0 amide bonds. The van der Waals surface area contributed by atoms with Gasteiger partial charge in [-0.1, -0.05) is 207 Å². The smallest absolute Gasteiger partial charge is 0.165 e. The van der Waals surface area contributed by atoms with Crippen molar-refractivity contribution in [2.45, 2.75) is 39.0 Å². The van der Waals surface area contributed by atoms with Crippen LogP contribution in [0.4, 0.5) is 0 Å². The van der Waals surface area contributed by atoms with Crippen LogP contribution in [0.25, 0.3) is 0 Å². The standard InChI is InChI=1S/C11H8Br13N3/c12-7(11(22,23)24)27-5(2-9(16,17)18)25-4(1-8(13,14)15)26-6(27)3-10(19,20)21/h5,7H,1-3H2. The molecular formula is C11H8Br13N3. The van der Waals surface area contributed by atoms with Gasteiger partial charge in [-0.25, -0.2) is 9.98 Å². The molecule has 0 aliphatic carbocycles. The zero-order valence-electron chi connectivity index (χ0n) is 12.5. The third-order valence-electron chi connectivity index (χ3n) is 2.82. The van der Waals surface area contributed by atoms with Crippen LogP contribution >= 0.6 is 207 Å². The molecule has 0 aromatic heterocycles. The molecule has 0 aromatic rings. The van der Waals surface area contributed by atoms with Crippen molar-refractivity contribution in [2.75, 3.05) is 0 Å². The van der Waals surface area contributed by atoms with E-state index in [9.17, 15) is 0 Å². The molecule has 3 nitrogen and oxygen atoms in total. The fraction of sp³-hybridized carbons (Fsp3) is 0.818. The molecule has 0 N–H and O–H groups in total. The van der Waals surface area contributed by atoms with Crippen LogP contribution in [-0.4, -0.2) is 36.3 Å². The summed E-state index contributed by atoms with van der Waals surface area (Å²) in [6, 6.07) is 0. The Morgan fingerprint density at radius 3 is 1.63 bits per heavy atom. The quantitative estimate of drug-likeness (QED) is 0.204. The lowest BCUT2D eigenvalue weighted by Crippen LogP contribution is -2.52. The predicted molar refractivity (Wildman–Crippen MR) is 165 cm³/mol. The first-order valence-electron chi connectivity index (χ1n) is 6.62.